The summed E-state index contributed by atoms with van der Waals surface area (Å²) < 4.78 is 2.01. The highest BCUT2D eigenvalue weighted by Crippen LogP contribution is 2.25. The van der Waals surface area contributed by atoms with E-state index in [0.717, 1.165) is 16.6 Å². The third-order valence-corrected chi connectivity index (χ3v) is 2.42. The Hall–Kier alpha value is -1.75. The molecule has 0 aliphatic heterocycles. The average Bonchev–Trinajstić information content (AvgIpc) is 2.55. The number of pyridine rings is 1. The quantitative estimate of drug-likeness (QED) is 0.669. The van der Waals surface area contributed by atoms with Crippen molar-refractivity contribution in [1.82, 2.24) is 4.40 Å². The van der Waals surface area contributed by atoms with Crippen molar-refractivity contribution >= 4 is 5.52 Å². The van der Waals surface area contributed by atoms with Gasteiger partial charge >= 0.3 is 0 Å². The molecule has 0 amide bonds. The Kier molecular flexibility index (Phi) is 2.01. The van der Waals surface area contributed by atoms with Crippen molar-refractivity contribution in [2.24, 2.45) is 0 Å². The third-order valence-electron chi connectivity index (χ3n) is 2.42. The zero-order chi connectivity index (χ0) is 10.1. The number of nitriles is 1. The number of fused-ring (bicyclic) bond motifs is 1. The molecule has 0 atom stereocenters. The molecule has 0 fully saturated rings. The molecule has 0 aliphatic carbocycles. The van der Waals surface area contributed by atoms with E-state index in [0.29, 0.717) is 5.92 Å². The van der Waals surface area contributed by atoms with Crippen LogP contribution in [0.5, 0.6) is 0 Å². The monoisotopic (exact) mass is 184 g/mol. The topological polar surface area (TPSA) is 28.2 Å². The molecule has 0 bridgehead atoms. The number of hydrogen-bond donors (Lipinski definition) is 0. The molecule has 0 aliphatic rings. The van der Waals surface area contributed by atoms with E-state index in [9.17, 15) is 0 Å². The number of rotatable bonds is 1. The minimum atomic E-state index is 0.386. The van der Waals surface area contributed by atoms with E-state index in [-0.39, 0.29) is 0 Å². The molecule has 2 rings (SSSR count). The standard InChI is InChI=1S/C12H12N2/c1-9(2)12-10(7-13)8-14-6-4-3-5-11(12)14/h3-6,8-9H,1-2H3. The van der Waals surface area contributed by atoms with Crippen LogP contribution in [0.4, 0.5) is 0 Å². The van der Waals surface area contributed by atoms with Crippen LogP contribution in [0, 0.1) is 11.3 Å². The van der Waals surface area contributed by atoms with Gasteiger partial charge in [-0.3, -0.25) is 0 Å². The summed E-state index contributed by atoms with van der Waals surface area (Å²) in [4.78, 5) is 0. The first-order valence-corrected chi connectivity index (χ1v) is 4.73. The third kappa shape index (κ3) is 1.18. The maximum atomic E-state index is 9.01. The highest BCUT2D eigenvalue weighted by atomic mass is 14.9. The van der Waals surface area contributed by atoms with Gasteiger partial charge < -0.3 is 4.40 Å². The van der Waals surface area contributed by atoms with Crippen LogP contribution in [0.1, 0.15) is 30.9 Å². The van der Waals surface area contributed by atoms with Crippen molar-refractivity contribution in [1.29, 1.82) is 5.26 Å². The van der Waals surface area contributed by atoms with Crippen molar-refractivity contribution in [3.05, 3.63) is 41.7 Å². The van der Waals surface area contributed by atoms with Crippen LogP contribution in [-0.2, 0) is 0 Å². The predicted octanol–water partition coefficient (Wildman–Crippen LogP) is 2.93. The average molecular weight is 184 g/mol. The molecule has 0 saturated heterocycles. The van der Waals surface area contributed by atoms with Gasteiger partial charge in [-0.05, 0) is 23.6 Å². The molecule has 0 saturated carbocycles. The molecular weight excluding hydrogens is 172 g/mol. The number of aromatic nitrogens is 1. The van der Waals surface area contributed by atoms with Gasteiger partial charge in [-0.15, -0.1) is 0 Å². The molecule has 14 heavy (non-hydrogen) atoms. The fourth-order valence-electron chi connectivity index (χ4n) is 1.84. The Morgan fingerprint density at radius 2 is 2.14 bits per heavy atom. The molecule has 2 heteroatoms. The van der Waals surface area contributed by atoms with E-state index >= 15 is 0 Å². The Morgan fingerprint density at radius 1 is 1.36 bits per heavy atom. The van der Waals surface area contributed by atoms with Crippen LogP contribution >= 0.6 is 0 Å². The van der Waals surface area contributed by atoms with Gasteiger partial charge in [0.05, 0.1) is 5.56 Å². The van der Waals surface area contributed by atoms with Crippen LogP contribution in [0.2, 0.25) is 0 Å². The van der Waals surface area contributed by atoms with Crippen molar-refractivity contribution in [2.45, 2.75) is 19.8 Å². The molecule has 2 aromatic heterocycles. The van der Waals surface area contributed by atoms with Gasteiger partial charge in [0.25, 0.3) is 0 Å². The lowest BCUT2D eigenvalue weighted by molar-refractivity contribution is 0.873. The van der Waals surface area contributed by atoms with Crippen molar-refractivity contribution < 1.29 is 0 Å². The fraction of sp³-hybridized carbons (Fsp3) is 0.250. The van der Waals surface area contributed by atoms with Gasteiger partial charge in [-0.1, -0.05) is 19.9 Å². The maximum absolute atomic E-state index is 9.01. The normalized spacial score (nSPS) is 10.7. The van der Waals surface area contributed by atoms with Crippen molar-refractivity contribution in [2.75, 3.05) is 0 Å². The van der Waals surface area contributed by atoms with Gasteiger partial charge in [0.2, 0.25) is 0 Å². The van der Waals surface area contributed by atoms with E-state index in [1.54, 1.807) is 0 Å². The van der Waals surface area contributed by atoms with Gasteiger partial charge in [0.15, 0.2) is 0 Å². The lowest BCUT2D eigenvalue weighted by Gasteiger charge is -2.03. The van der Waals surface area contributed by atoms with E-state index < -0.39 is 0 Å². The number of hydrogen-bond acceptors (Lipinski definition) is 1. The van der Waals surface area contributed by atoms with Crippen LogP contribution in [0.3, 0.4) is 0 Å². The Balaban J connectivity index is 2.83. The molecule has 0 unspecified atom stereocenters. The molecule has 0 aromatic carbocycles. The molecule has 2 nitrogen and oxygen atoms in total. The lowest BCUT2D eigenvalue weighted by Crippen LogP contribution is -1.89. The molecule has 0 radical (unpaired) electrons. The van der Waals surface area contributed by atoms with Crippen molar-refractivity contribution in [3.8, 4) is 6.07 Å². The second-order valence-corrected chi connectivity index (χ2v) is 3.72. The molecular formula is C12H12N2. The summed E-state index contributed by atoms with van der Waals surface area (Å²) in [5.74, 6) is 0.386. The molecule has 2 aromatic rings. The molecule has 2 heterocycles. The summed E-state index contributed by atoms with van der Waals surface area (Å²) in [7, 11) is 0. The zero-order valence-electron chi connectivity index (χ0n) is 8.36. The first-order valence-electron chi connectivity index (χ1n) is 4.73. The summed E-state index contributed by atoms with van der Waals surface area (Å²) in [6.45, 7) is 4.23. The second kappa shape index (κ2) is 3.19. The maximum Gasteiger partial charge on any atom is 0.101 e. The minimum Gasteiger partial charge on any atom is -0.322 e. The Labute approximate surface area is 83.4 Å². The predicted molar refractivity (Wildman–Crippen MR) is 56.2 cm³/mol. The minimum absolute atomic E-state index is 0.386. The fourth-order valence-corrected chi connectivity index (χ4v) is 1.84. The number of nitrogens with zero attached hydrogens (tertiary/aromatic N) is 2. The summed E-state index contributed by atoms with van der Waals surface area (Å²) in [6, 6.07) is 8.27. The summed E-state index contributed by atoms with van der Waals surface area (Å²) in [5, 5.41) is 9.01. The summed E-state index contributed by atoms with van der Waals surface area (Å²) >= 11 is 0. The van der Waals surface area contributed by atoms with Gasteiger partial charge in [-0.2, -0.15) is 5.26 Å². The first-order chi connectivity index (χ1) is 6.74. The second-order valence-electron chi connectivity index (χ2n) is 3.72. The highest BCUT2D eigenvalue weighted by Gasteiger charge is 2.12. The lowest BCUT2D eigenvalue weighted by atomic mass is 10.0. The van der Waals surface area contributed by atoms with E-state index in [2.05, 4.69) is 26.0 Å². The van der Waals surface area contributed by atoms with Crippen LogP contribution in [-0.4, -0.2) is 4.40 Å². The van der Waals surface area contributed by atoms with Crippen LogP contribution < -0.4 is 0 Å². The summed E-state index contributed by atoms with van der Waals surface area (Å²) in [6.07, 6.45) is 3.87. The van der Waals surface area contributed by atoms with Crippen molar-refractivity contribution in [3.63, 3.8) is 0 Å². The Bertz CT molecular complexity index is 501. The van der Waals surface area contributed by atoms with Crippen LogP contribution in [0.25, 0.3) is 5.52 Å². The van der Waals surface area contributed by atoms with E-state index in [4.69, 9.17) is 5.26 Å². The van der Waals surface area contributed by atoms with E-state index in [1.807, 2.05) is 28.9 Å². The summed E-state index contributed by atoms with van der Waals surface area (Å²) in [5.41, 5.74) is 3.07. The zero-order valence-corrected chi connectivity index (χ0v) is 8.36. The SMILES string of the molecule is CC(C)c1c(C#N)cn2ccccc12. The van der Waals surface area contributed by atoms with Gasteiger partial charge in [0, 0.05) is 17.9 Å². The van der Waals surface area contributed by atoms with Gasteiger partial charge in [-0.25, -0.2) is 0 Å². The Morgan fingerprint density at radius 3 is 2.79 bits per heavy atom. The first kappa shape index (κ1) is 8.83. The molecule has 0 N–H and O–H groups in total. The smallest absolute Gasteiger partial charge is 0.101 e. The molecule has 0 spiro atoms. The van der Waals surface area contributed by atoms with E-state index in [1.165, 1.54) is 0 Å². The molecule has 70 valence electrons. The van der Waals surface area contributed by atoms with Crippen LogP contribution in [0.15, 0.2) is 30.6 Å². The largest absolute Gasteiger partial charge is 0.322 e. The van der Waals surface area contributed by atoms with Gasteiger partial charge in [0.1, 0.15) is 6.07 Å². The highest BCUT2D eigenvalue weighted by molar-refractivity contribution is 5.63.